The van der Waals surface area contributed by atoms with E-state index in [4.69, 9.17) is 10.5 Å². The van der Waals surface area contributed by atoms with Crippen LogP contribution in [-0.4, -0.2) is 12.5 Å². The van der Waals surface area contributed by atoms with Crippen molar-refractivity contribution >= 4 is 17.3 Å². The number of nitrogens with two attached hydrogens (primary N) is 1. The molecule has 0 fully saturated rings. The summed E-state index contributed by atoms with van der Waals surface area (Å²) in [6.07, 6.45) is 0.304. The lowest BCUT2D eigenvalue weighted by Crippen LogP contribution is -2.15. The average molecular weight is 270 g/mol. The predicted octanol–water partition coefficient (Wildman–Crippen LogP) is 2.98. The highest BCUT2D eigenvalue weighted by atomic mass is 16.5. The van der Waals surface area contributed by atoms with Crippen LogP contribution in [0.2, 0.25) is 0 Å². The zero-order chi connectivity index (χ0) is 14.4. The van der Waals surface area contributed by atoms with Gasteiger partial charge in [-0.15, -0.1) is 0 Å². The van der Waals surface area contributed by atoms with E-state index in [9.17, 15) is 4.79 Å². The molecule has 4 nitrogen and oxygen atoms in total. The van der Waals surface area contributed by atoms with Gasteiger partial charge in [0.1, 0.15) is 5.75 Å². The molecule has 0 aliphatic carbocycles. The third-order valence-electron chi connectivity index (χ3n) is 2.87. The molecule has 2 aromatic carbocycles. The van der Waals surface area contributed by atoms with Crippen LogP contribution in [0, 0.1) is 6.92 Å². The van der Waals surface area contributed by atoms with Gasteiger partial charge in [0.15, 0.2) is 0 Å². The highest BCUT2D eigenvalue weighted by molar-refractivity contribution is 5.91. The van der Waals surface area contributed by atoms with Crippen LogP contribution in [0.1, 0.15) is 12.0 Å². The lowest BCUT2D eigenvalue weighted by molar-refractivity contribution is -0.116. The lowest BCUT2D eigenvalue weighted by Gasteiger charge is -2.09. The van der Waals surface area contributed by atoms with Crippen LogP contribution in [0.5, 0.6) is 5.75 Å². The molecule has 2 aromatic rings. The molecular weight excluding hydrogens is 252 g/mol. The van der Waals surface area contributed by atoms with Gasteiger partial charge in [0.2, 0.25) is 5.91 Å². The second-order valence-corrected chi connectivity index (χ2v) is 4.53. The fourth-order valence-corrected chi connectivity index (χ4v) is 1.82. The van der Waals surface area contributed by atoms with Gasteiger partial charge in [0.25, 0.3) is 0 Å². The molecule has 0 aromatic heterocycles. The Hall–Kier alpha value is -2.49. The topological polar surface area (TPSA) is 64.3 Å². The number of nitrogens with one attached hydrogen (secondary N) is 1. The van der Waals surface area contributed by atoms with Gasteiger partial charge in [-0.3, -0.25) is 4.79 Å². The second-order valence-electron chi connectivity index (χ2n) is 4.53. The van der Waals surface area contributed by atoms with E-state index in [-0.39, 0.29) is 5.91 Å². The molecule has 0 heterocycles. The Balaban J connectivity index is 1.81. The summed E-state index contributed by atoms with van der Waals surface area (Å²) in [5.74, 6) is 0.692. The fraction of sp³-hybridized carbons (Fsp3) is 0.188. The van der Waals surface area contributed by atoms with E-state index in [1.54, 1.807) is 12.1 Å². The summed E-state index contributed by atoms with van der Waals surface area (Å²) in [6.45, 7) is 2.26. The monoisotopic (exact) mass is 270 g/mol. The molecule has 1 amide bonds. The number of hydrogen-bond acceptors (Lipinski definition) is 3. The summed E-state index contributed by atoms with van der Waals surface area (Å²) in [4.78, 5) is 11.8. The molecule has 2 rings (SSSR count). The van der Waals surface area contributed by atoms with Gasteiger partial charge in [-0.25, -0.2) is 0 Å². The molecule has 0 unspecified atom stereocenters. The van der Waals surface area contributed by atoms with Crippen molar-refractivity contribution in [1.29, 1.82) is 0 Å². The summed E-state index contributed by atoms with van der Waals surface area (Å²) >= 11 is 0. The molecule has 0 aliphatic heterocycles. The van der Waals surface area contributed by atoms with Crippen molar-refractivity contribution in [3.05, 3.63) is 54.1 Å². The quantitative estimate of drug-likeness (QED) is 0.821. The summed E-state index contributed by atoms with van der Waals surface area (Å²) in [7, 11) is 0. The standard InChI is InChI=1S/C16H18N2O2/c1-12-11-13(17)7-8-15(12)18-16(19)9-10-20-14-5-3-2-4-6-14/h2-8,11H,9-10,17H2,1H3,(H,18,19). The number of hydrogen-bond donors (Lipinski definition) is 2. The zero-order valence-electron chi connectivity index (χ0n) is 11.4. The minimum absolute atomic E-state index is 0.0752. The number of benzene rings is 2. The number of nitrogen functional groups attached to an aromatic ring is 1. The molecule has 0 bridgehead atoms. The molecule has 0 aliphatic rings. The Morgan fingerprint density at radius 1 is 1.20 bits per heavy atom. The molecule has 20 heavy (non-hydrogen) atoms. The maximum absolute atomic E-state index is 11.8. The average Bonchev–Trinajstić information content (AvgIpc) is 2.43. The lowest BCUT2D eigenvalue weighted by atomic mass is 10.2. The van der Waals surface area contributed by atoms with Crippen molar-refractivity contribution < 1.29 is 9.53 Å². The molecule has 104 valence electrons. The Bertz CT molecular complexity index is 582. The van der Waals surface area contributed by atoms with E-state index in [1.165, 1.54) is 0 Å². The normalized spacial score (nSPS) is 10.1. The van der Waals surface area contributed by atoms with Crippen LogP contribution >= 0.6 is 0 Å². The first-order chi connectivity index (χ1) is 9.65. The van der Waals surface area contributed by atoms with Crippen LogP contribution in [-0.2, 0) is 4.79 Å². The van der Waals surface area contributed by atoms with E-state index in [1.807, 2.05) is 43.3 Å². The third kappa shape index (κ3) is 4.02. The van der Waals surface area contributed by atoms with Crippen molar-refractivity contribution in [1.82, 2.24) is 0 Å². The van der Waals surface area contributed by atoms with Gasteiger partial charge in [-0.1, -0.05) is 18.2 Å². The summed E-state index contributed by atoms with van der Waals surface area (Å²) < 4.78 is 5.48. The summed E-state index contributed by atoms with van der Waals surface area (Å²) in [5.41, 5.74) is 8.09. The van der Waals surface area contributed by atoms with E-state index in [0.29, 0.717) is 18.7 Å². The van der Waals surface area contributed by atoms with Crippen LogP contribution in [0.15, 0.2) is 48.5 Å². The van der Waals surface area contributed by atoms with E-state index in [0.717, 1.165) is 17.0 Å². The molecule has 0 atom stereocenters. The van der Waals surface area contributed by atoms with Crippen LogP contribution < -0.4 is 15.8 Å². The van der Waals surface area contributed by atoms with E-state index >= 15 is 0 Å². The zero-order valence-corrected chi connectivity index (χ0v) is 11.4. The summed E-state index contributed by atoms with van der Waals surface area (Å²) in [6, 6.07) is 14.8. The molecular formula is C16H18N2O2. The Morgan fingerprint density at radius 2 is 1.95 bits per heavy atom. The number of ether oxygens (including phenoxy) is 1. The van der Waals surface area contributed by atoms with Crippen LogP contribution in [0.4, 0.5) is 11.4 Å². The van der Waals surface area contributed by atoms with Crippen molar-refractivity contribution in [2.45, 2.75) is 13.3 Å². The second kappa shape index (κ2) is 6.61. The Morgan fingerprint density at radius 3 is 2.65 bits per heavy atom. The number of aryl methyl sites for hydroxylation is 1. The summed E-state index contributed by atoms with van der Waals surface area (Å²) in [5, 5.41) is 2.85. The number of carbonyl (C=O) groups is 1. The number of rotatable bonds is 5. The highest BCUT2D eigenvalue weighted by Crippen LogP contribution is 2.17. The smallest absolute Gasteiger partial charge is 0.227 e. The maximum atomic E-state index is 11.8. The first-order valence-corrected chi connectivity index (χ1v) is 6.49. The SMILES string of the molecule is Cc1cc(N)ccc1NC(=O)CCOc1ccccc1. The van der Waals surface area contributed by atoms with Crippen molar-refractivity contribution in [3.63, 3.8) is 0 Å². The third-order valence-corrected chi connectivity index (χ3v) is 2.87. The highest BCUT2D eigenvalue weighted by Gasteiger charge is 2.05. The van der Waals surface area contributed by atoms with E-state index in [2.05, 4.69) is 5.32 Å². The largest absolute Gasteiger partial charge is 0.493 e. The molecule has 0 spiro atoms. The molecule has 0 saturated heterocycles. The van der Waals surface area contributed by atoms with Gasteiger partial charge in [0.05, 0.1) is 13.0 Å². The van der Waals surface area contributed by atoms with Gasteiger partial charge in [0, 0.05) is 11.4 Å². The Labute approximate surface area is 118 Å². The van der Waals surface area contributed by atoms with Gasteiger partial charge in [-0.2, -0.15) is 0 Å². The molecule has 3 N–H and O–H groups in total. The fourth-order valence-electron chi connectivity index (χ4n) is 1.82. The Kier molecular flexibility index (Phi) is 4.60. The van der Waals surface area contributed by atoms with E-state index < -0.39 is 0 Å². The van der Waals surface area contributed by atoms with Crippen LogP contribution in [0.3, 0.4) is 0 Å². The first kappa shape index (κ1) is 13.9. The van der Waals surface area contributed by atoms with Gasteiger partial charge in [-0.05, 0) is 42.8 Å². The van der Waals surface area contributed by atoms with Crippen molar-refractivity contribution in [2.24, 2.45) is 0 Å². The van der Waals surface area contributed by atoms with Crippen LogP contribution in [0.25, 0.3) is 0 Å². The number of amides is 1. The molecule has 0 radical (unpaired) electrons. The minimum Gasteiger partial charge on any atom is -0.493 e. The minimum atomic E-state index is -0.0752. The first-order valence-electron chi connectivity index (χ1n) is 6.49. The van der Waals surface area contributed by atoms with Gasteiger partial charge >= 0.3 is 0 Å². The predicted molar refractivity (Wildman–Crippen MR) is 80.8 cm³/mol. The molecule has 0 saturated carbocycles. The number of anilines is 2. The molecule has 4 heteroatoms. The van der Waals surface area contributed by atoms with Gasteiger partial charge < -0.3 is 15.8 Å². The number of para-hydroxylation sites is 1. The maximum Gasteiger partial charge on any atom is 0.227 e. The van der Waals surface area contributed by atoms with Crippen molar-refractivity contribution in [2.75, 3.05) is 17.7 Å². The van der Waals surface area contributed by atoms with Crippen molar-refractivity contribution in [3.8, 4) is 5.75 Å². The number of carbonyl (C=O) groups excluding carboxylic acids is 1.